The van der Waals surface area contributed by atoms with Crippen molar-refractivity contribution in [3.05, 3.63) is 70.4 Å². The Labute approximate surface area is 132 Å². The second kappa shape index (κ2) is 5.57. The van der Waals surface area contributed by atoms with Crippen LogP contribution in [0.4, 0.5) is 5.69 Å². The monoisotopic (exact) mass is 309 g/mol. The number of ether oxygens (including phenoxy) is 1. The van der Waals surface area contributed by atoms with Crippen molar-refractivity contribution in [3.8, 4) is 0 Å². The summed E-state index contributed by atoms with van der Waals surface area (Å²) in [6.45, 7) is 0. The van der Waals surface area contributed by atoms with Crippen molar-refractivity contribution in [2.75, 3.05) is 12.8 Å². The average Bonchev–Trinajstić information content (AvgIpc) is 2.55. The largest absolute Gasteiger partial charge is 0.491 e. The van der Waals surface area contributed by atoms with E-state index >= 15 is 0 Å². The van der Waals surface area contributed by atoms with E-state index in [1.54, 1.807) is 6.07 Å². The molecule has 2 aromatic rings. The Balaban J connectivity index is 2.12. The number of nitrogens with zero attached hydrogens (tertiary/aromatic N) is 1. The number of nitrogens with two attached hydrogens (primary N) is 2. The fourth-order valence-electron chi connectivity index (χ4n) is 2.64. The molecule has 4 N–H and O–H groups in total. The predicted octanol–water partition coefficient (Wildman–Crippen LogP) is 1.45. The van der Waals surface area contributed by atoms with Crippen molar-refractivity contribution in [3.63, 3.8) is 0 Å². The smallest absolute Gasteiger partial charge is 0.230 e. The first-order chi connectivity index (χ1) is 11.0. The number of allylic oxidation sites excluding steroid dienone is 2. The number of ketones is 2. The fourth-order valence-corrected chi connectivity index (χ4v) is 2.64. The van der Waals surface area contributed by atoms with Crippen LogP contribution in [-0.4, -0.2) is 23.7 Å². The summed E-state index contributed by atoms with van der Waals surface area (Å²) >= 11 is 0. The Morgan fingerprint density at radius 3 is 2.52 bits per heavy atom. The van der Waals surface area contributed by atoms with E-state index in [1.807, 2.05) is 18.2 Å². The van der Waals surface area contributed by atoms with Crippen LogP contribution in [0.2, 0.25) is 0 Å². The number of para-hydroxylation sites is 1. The summed E-state index contributed by atoms with van der Waals surface area (Å²) in [5.74, 6) is -0.989. The standard InChI is InChI=1S/C17H15N3O3/c1-23-17-14(19)16(22)13-10(15(17)21)6-7-20-12(13)8-9-4-2-3-5-11(9)18/h2-7H,8,18-19H2,1H3. The first-order valence-electron chi connectivity index (χ1n) is 6.99. The molecule has 1 aliphatic rings. The van der Waals surface area contributed by atoms with E-state index in [4.69, 9.17) is 16.2 Å². The van der Waals surface area contributed by atoms with Gasteiger partial charge in [0.15, 0.2) is 5.76 Å². The molecule has 0 spiro atoms. The minimum absolute atomic E-state index is 0.126. The lowest BCUT2D eigenvalue weighted by Gasteiger charge is -2.19. The zero-order valence-electron chi connectivity index (χ0n) is 12.5. The molecule has 0 amide bonds. The highest BCUT2D eigenvalue weighted by atomic mass is 16.5. The molecular formula is C17H15N3O3. The van der Waals surface area contributed by atoms with Gasteiger partial charge in [-0.25, -0.2) is 0 Å². The number of carbonyl (C=O) groups is 2. The highest BCUT2D eigenvalue weighted by Gasteiger charge is 2.34. The van der Waals surface area contributed by atoms with Gasteiger partial charge in [-0.05, 0) is 17.7 Å². The Bertz CT molecular complexity index is 856. The lowest BCUT2D eigenvalue weighted by molar-refractivity contribution is 0.0904. The van der Waals surface area contributed by atoms with Crippen LogP contribution >= 0.6 is 0 Å². The highest BCUT2D eigenvalue weighted by Crippen LogP contribution is 2.28. The molecule has 0 saturated heterocycles. The number of Topliss-reactive ketones (excluding diaryl/α,β-unsaturated/α-hetero) is 2. The molecule has 1 heterocycles. The van der Waals surface area contributed by atoms with Gasteiger partial charge in [-0.3, -0.25) is 14.6 Å². The number of fused-ring (bicyclic) bond motifs is 1. The average molecular weight is 309 g/mol. The van der Waals surface area contributed by atoms with Crippen molar-refractivity contribution in [1.29, 1.82) is 0 Å². The molecule has 0 unspecified atom stereocenters. The van der Waals surface area contributed by atoms with Crippen LogP contribution in [0.1, 0.15) is 32.0 Å². The molecule has 0 atom stereocenters. The molecule has 0 saturated carbocycles. The van der Waals surface area contributed by atoms with Crippen LogP contribution in [-0.2, 0) is 11.2 Å². The Morgan fingerprint density at radius 2 is 1.83 bits per heavy atom. The van der Waals surface area contributed by atoms with Gasteiger partial charge >= 0.3 is 0 Å². The van der Waals surface area contributed by atoms with E-state index in [1.165, 1.54) is 19.4 Å². The van der Waals surface area contributed by atoms with Gasteiger partial charge in [-0.2, -0.15) is 0 Å². The van der Waals surface area contributed by atoms with Crippen LogP contribution in [0.25, 0.3) is 0 Å². The summed E-state index contributed by atoms with van der Waals surface area (Å²) in [6, 6.07) is 8.80. The highest BCUT2D eigenvalue weighted by molar-refractivity contribution is 6.26. The number of carbonyl (C=O) groups excluding carboxylic acids is 2. The molecule has 116 valence electrons. The summed E-state index contributed by atoms with van der Waals surface area (Å²) < 4.78 is 4.96. The zero-order chi connectivity index (χ0) is 16.6. The molecule has 0 aliphatic heterocycles. The Kier molecular flexibility index (Phi) is 3.57. The Hall–Kier alpha value is -3.15. The van der Waals surface area contributed by atoms with E-state index < -0.39 is 11.6 Å². The van der Waals surface area contributed by atoms with Crippen molar-refractivity contribution in [1.82, 2.24) is 4.98 Å². The fraction of sp³-hybridized carbons (Fsp3) is 0.118. The number of hydrogen-bond acceptors (Lipinski definition) is 6. The number of anilines is 1. The van der Waals surface area contributed by atoms with Crippen molar-refractivity contribution in [2.45, 2.75) is 6.42 Å². The maximum Gasteiger partial charge on any atom is 0.230 e. The SMILES string of the molecule is COC1=C(N)C(=O)c2c(ccnc2Cc2ccccc2N)C1=O. The van der Waals surface area contributed by atoms with E-state index in [-0.39, 0.29) is 22.6 Å². The maximum atomic E-state index is 12.5. The lowest BCUT2D eigenvalue weighted by Crippen LogP contribution is -2.29. The third-order valence-corrected chi connectivity index (χ3v) is 3.81. The third kappa shape index (κ3) is 2.34. The maximum absolute atomic E-state index is 12.5. The summed E-state index contributed by atoms with van der Waals surface area (Å²) in [4.78, 5) is 29.2. The van der Waals surface area contributed by atoms with Crippen molar-refractivity contribution < 1.29 is 14.3 Å². The number of rotatable bonds is 3. The molecule has 3 rings (SSSR count). The molecule has 23 heavy (non-hydrogen) atoms. The topological polar surface area (TPSA) is 108 Å². The van der Waals surface area contributed by atoms with Gasteiger partial charge in [0.2, 0.25) is 11.6 Å². The lowest BCUT2D eigenvalue weighted by atomic mass is 9.89. The summed E-state index contributed by atoms with van der Waals surface area (Å²) in [5, 5.41) is 0. The molecule has 6 heteroatoms. The number of methoxy groups -OCH3 is 1. The van der Waals surface area contributed by atoms with Gasteiger partial charge in [-0.15, -0.1) is 0 Å². The molecule has 1 aliphatic carbocycles. The molecule has 0 bridgehead atoms. The second-order valence-electron chi connectivity index (χ2n) is 5.16. The quantitative estimate of drug-likeness (QED) is 0.831. The third-order valence-electron chi connectivity index (χ3n) is 3.81. The van der Waals surface area contributed by atoms with Gasteiger partial charge in [0.25, 0.3) is 0 Å². The van der Waals surface area contributed by atoms with Crippen molar-refractivity contribution in [2.24, 2.45) is 5.73 Å². The Morgan fingerprint density at radius 1 is 1.09 bits per heavy atom. The van der Waals surface area contributed by atoms with Crippen molar-refractivity contribution >= 4 is 17.3 Å². The molecular weight excluding hydrogens is 294 g/mol. The first-order valence-corrected chi connectivity index (χ1v) is 6.99. The number of pyridine rings is 1. The van der Waals surface area contributed by atoms with Crippen LogP contribution in [0.3, 0.4) is 0 Å². The molecule has 6 nitrogen and oxygen atoms in total. The van der Waals surface area contributed by atoms with E-state index in [0.29, 0.717) is 17.8 Å². The minimum atomic E-state index is -0.450. The van der Waals surface area contributed by atoms with Gasteiger partial charge in [0.1, 0.15) is 5.70 Å². The zero-order valence-corrected chi connectivity index (χ0v) is 12.5. The van der Waals surface area contributed by atoms with E-state index in [2.05, 4.69) is 4.98 Å². The van der Waals surface area contributed by atoms with Crippen LogP contribution in [0, 0.1) is 0 Å². The normalized spacial score (nSPS) is 14.0. The summed E-state index contributed by atoms with van der Waals surface area (Å²) in [7, 11) is 1.31. The minimum Gasteiger partial charge on any atom is -0.491 e. The summed E-state index contributed by atoms with van der Waals surface area (Å²) in [6.07, 6.45) is 1.83. The molecule has 0 radical (unpaired) electrons. The van der Waals surface area contributed by atoms with Gasteiger partial charge in [0, 0.05) is 23.9 Å². The second-order valence-corrected chi connectivity index (χ2v) is 5.16. The van der Waals surface area contributed by atoms with E-state index in [0.717, 1.165) is 5.56 Å². The number of aromatic nitrogens is 1. The van der Waals surface area contributed by atoms with Gasteiger partial charge < -0.3 is 16.2 Å². The van der Waals surface area contributed by atoms with Crippen LogP contribution < -0.4 is 11.5 Å². The number of hydrogen-bond donors (Lipinski definition) is 2. The van der Waals surface area contributed by atoms with Crippen LogP contribution in [0.15, 0.2) is 48.0 Å². The van der Waals surface area contributed by atoms with Gasteiger partial charge in [-0.1, -0.05) is 18.2 Å². The predicted molar refractivity (Wildman–Crippen MR) is 84.8 cm³/mol. The van der Waals surface area contributed by atoms with E-state index in [9.17, 15) is 9.59 Å². The molecule has 1 aromatic heterocycles. The summed E-state index contributed by atoms with van der Waals surface area (Å²) in [5.41, 5.74) is 13.9. The molecule has 1 aromatic carbocycles. The van der Waals surface area contributed by atoms with Crippen LogP contribution in [0.5, 0.6) is 0 Å². The molecule has 0 fully saturated rings. The first kappa shape index (κ1) is 14.8. The number of nitrogen functional groups attached to an aromatic ring is 1. The number of benzene rings is 1. The van der Waals surface area contributed by atoms with Gasteiger partial charge in [0.05, 0.1) is 18.4 Å².